The van der Waals surface area contributed by atoms with E-state index in [9.17, 15) is 4.79 Å². The molecular weight excluding hydrogens is 208 g/mol. The number of rotatable bonds is 12. The number of hydrogen-bond donors (Lipinski definition) is 0. The third kappa shape index (κ3) is 13.3. The molecule has 100 valence electrons. The third-order valence-corrected chi connectivity index (χ3v) is 3.03. The highest BCUT2D eigenvalue weighted by Crippen LogP contribution is 2.07. The summed E-state index contributed by atoms with van der Waals surface area (Å²) in [6.07, 6.45) is 16.8. The summed E-state index contributed by atoms with van der Waals surface area (Å²) in [6, 6.07) is 0. The second kappa shape index (κ2) is 13.5. The molecule has 0 aliphatic heterocycles. The zero-order valence-corrected chi connectivity index (χ0v) is 11.8. The Bertz CT molecular complexity index is 194. The molecule has 0 spiro atoms. The number of hydrogen-bond acceptors (Lipinski definition) is 1. The van der Waals surface area contributed by atoms with Gasteiger partial charge in [0, 0.05) is 12.8 Å². The molecule has 0 aliphatic carbocycles. The van der Waals surface area contributed by atoms with Gasteiger partial charge in [-0.05, 0) is 32.1 Å². The number of carbonyl (C=O) groups is 1. The molecule has 0 saturated carbocycles. The molecule has 0 aromatic carbocycles. The molecule has 0 amide bonds. The van der Waals surface area contributed by atoms with E-state index in [0.717, 1.165) is 32.1 Å². The Labute approximate surface area is 108 Å². The van der Waals surface area contributed by atoms with Crippen LogP contribution in [0.4, 0.5) is 0 Å². The average molecular weight is 238 g/mol. The Balaban J connectivity index is 3.21. The van der Waals surface area contributed by atoms with Crippen molar-refractivity contribution in [1.82, 2.24) is 0 Å². The molecule has 0 atom stereocenters. The van der Waals surface area contributed by atoms with Crippen LogP contribution < -0.4 is 0 Å². The van der Waals surface area contributed by atoms with Crippen LogP contribution in [-0.2, 0) is 4.79 Å². The predicted octanol–water partition coefficient (Wildman–Crippen LogP) is 5.44. The summed E-state index contributed by atoms with van der Waals surface area (Å²) >= 11 is 0. The first-order valence-electron chi connectivity index (χ1n) is 7.48. The Morgan fingerprint density at radius 2 is 1.29 bits per heavy atom. The summed E-state index contributed by atoms with van der Waals surface area (Å²) in [4.78, 5) is 11.5. The fourth-order valence-electron chi connectivity index (χ4n) is 1.84. The molecule has 0 saturated heterocycles. The lowest BCUT2D eigenvalue weighted by Gasteiger charge is -1.99. The summed E-state index contributed by atoms with van der Waals surface area (Å²) < 4.78 is 0. The molecule has 1 nitrogen and oxygen atoms in total. The Morgan fingerprint density at radius 1 is 0.765 bits per heavy atom. The van der Waals surface area contributed by atoms with Crippen molar-refractivity contribution in [3.8, 4) is 0 Å². The molecule has 1 heteroatoms. The third-order valence-electron chi connectivity index (χ3n) is 3.03. The molecule has 0 N–H and O–H groups in total. The van der Waals surface area contributed by atoms with Crippen molar-refractivity contribution < 1.29 is 4.79 Å². The van der Waals surface area contributed by atoms with Crippen molar-refractivity contribution >= 4 is 5.78 Å². The van der Waals surface area contributed by atoms with Gasteiger partial charge in [-0.3, -0.25) is 4.79 Å². The largest absolute Gasteiger partial charge is 0.300 e. The standard InChI is InChI=1S/C16H30O/c1-3-5-7-8-9-10-11-13-15-16(17)14-12-6-4-2/h8-9H,3-7,10-15H2,1-2H3. The van der Waals surface area contributed by atoms with Gasteiger partial charge in [0.05, 0.1) is 0 Å². The van der Waals surface area contributed by atoms with Gasteiger partial charge in [-0.2, -0.15) is 0 Å². The van der Waals surface area contributed by atoms with E-state index in [0.29, 0.717) is 5.78 Å². The second-order valence-electron chi connectivity index (χ2n) is 4.86. The zero-order chi connectivity index (χ0) is 12.8. The summed E-state index contributed by atoms with van der Waals surface area (Å²) in [5.74, 6) is 0.466. The van der Waals surface area contributed by atoms with E-state index >= 15 is 0 Å². The van der Waals surface area contributed by atoms with Crippen molar-refractivity contribution in [2.75, 3.05) is 0 Å². The first kappa shape index (κ1) is 16.4. The van der Waals surface area contributed by atoms with Gasteiger partial charge in [0.2, 0.25) is 0 Å². The molecule has 0 radical (unpaired) electrons. The summed E-state index contributed by atoms with van der Waals surface area (Å²) in [6.45, 7) is 4.40. The monoisotopic (exact) mass is 238 g/mol. The number of unbranched alkanes of at least 4 members (excludes halogenated alkanes) is 6. The predicted molar refractivity (Wildman–Crippen MR) is 76.3 cm³/mol. The molecule has 0 rings (SSSR count). The topological polar surface area (TPSA) is 17.1 Å². The quantitative estimate of drug-likeness (QED) is 0.327. The highest BCUT2D eigenvalue weighted by Gasteiger charge is 2.00. The molecule has 17 heavy (non-hydrogen) atoms. The maximum atomic E-state index is 11.5. The van der Waals surface area contributed by atoms with Crippen LogP contribution in [0.2, 0.25) is 0 Å². The molecular formula is C16H30O. The summed E-state index contributed by atoms with van der Waals surface area (Å²) in [5, 5.41) is 0. The fraction of sp³-hybridized carbons (Fsp3) is 0.812. The molecule has 0 unspecified atom stereocenters. The van der Waals surface area contributed by atoms with Gasteiger partial charge in [0.25, 0.3) is 0 Å². The minimum absolute atomic E-state index is 0.466. The van der Waals surface area contributed by atoms with Gasteiger partial charge in [-0.25, -0.2) is 0 Å². The van der Waals surface area contributed by atoms with Gasteiger partial charge in [-0.15, -0.1) is 0 Å². The SMILES string of the molecule is CCCCC=CCCCCC(=O)CCCCC. The van der Waals surface area contributed by atoms with Crippen molar-refractivity contribution in [3.05, 3.63) is 12.2 Å². The zero-order valence-electron chi connectivity index (χ0n) is 11.8. The minimum atomic E-state index is 0.466. The van der Waals surface area contributed by atoms with Crippen LogP contribution in [0.1, 0.15) is 84.5 Å². The highest BCUT2D eigenvalue weighted by atomic mass is 16.1. The van der Waals surface area contributed by atoms with E-state index < -0.39 is 0 Å². The second-order valence-corrected chi connectivity index (χ2v) is 4.86. The van der Waals surface area contributed by atoms with Crippen LogP contribution in [-0.4, -0.2) is 5.78 Å². The molecule has 0 aromatic rings. The van der Waals surface area contributed by atoms with Crippen molar-refractivity contribution in [2.45, 2.75) is 84.5 Å². The first-order valence-corrected chi connectivity index (χ1v) is 7.48. The van der Waals surface area contributed by atoms with Crippen LogP contribution in [0.25, 0.3) is 0 Å². The van der Waals surface area contributed by atoms with E-state index in [4.69, 9.17) is 0 Å². The molecule has 0 aromatic heterocycles. The maximum Gasteiger partial charge on any atom is 0.132 e. The van der Waals surface area contributed by atoms with E-state index in [-0.39, 0.29) is 0 Å². The Morgan fingerprint density at radius 3 is 1.88 bits per heavy atom. The van der Waals surface area contributed by atoms with Crippen LogP contribution in [0.15, 0.2) is 12.2 Å². The maximum absolute atomic E-state index is 11.5. The van der Waals surface area contributed by atoms with E-state index in [2.05, 4.69) is 26.0 Å². The number of allylic oxidation sites excluding steroid dienone is 2. The van der Waals surface area contributed by atoms with Gasteiger partial charge in [0.1, 0.15) is 5.78 Å². The van der Waals surface area contributed by atoms with Gasteiger partial charge in [0.15, 0.2) is 0 Å². The van der Waals surface area contributed by atoms with Crippen molar-refractivity contribution in [3.63, 3.8) is 0 Å². The lowest BCUT2D eigenvalue weighted by molar-refractivity contribution is -0.119. The lowest BCUT2D eigenvalue weighted by atomic mass is 10.1. The summed E-state index contributed by atoms with van der Waals surface area (Å²) in [5.41, 5.74) is 0. The van der Waals surface area contributed by atoms with Crippen LogP contribution in [0.5, 0.6) is 0 Å². The lowest BCUT2D eigenvalue weighted by Crippen LogP contribution is -1.97. The van der Waals surface area contributed by atoms with E-state index in [1.54, 1.807) is 0 Å². The van der Waals surface area contributed by atoms with E-state index in [1.807, 2.05) is 0 Å². The first-order chi connectivity index (χ1) is 8.31. The molecule has 0 heterocycles. The van der Waals surface area contributed by atoms with Gasteiger partial charge >= 0.3 is 0 Å². The van der Waals surface area contributed by atoms with Crippen molar-refractivity contribution in [1.29, 1.82) is 0 Å². The van der Waals surface area contributed by atoms with Gasteiger partial charge in [-0.1, -0.05) is 51.7 Å². The molecule has 0 aliphatic rings. The van der Waals surface area contributed by atoms with Crippen LogP contribution >= 0.6 is 0 Å². The highest BCUT2D eigenvalue weighted by molar-refractivity contribution is 5.78. The minimum Gasteiger partial charge on any atom is -0.300 e. The summed E-state index contributed by atoms with van der Waals surface area (Å²) in [7, 11) is 0. The van der Waals surface area contributed by atoms with Crippen LogP contribution in [0.3, 0.4) is 0 Å². The Hall–Kier alpha value is -0.590. The van der Waals surface area contributed by atoms with Crippen molar-refractivity contribution in [2.24, 2.45) is 0 Å². The number of ketones is 1. The fourth-order valence-corrected chi connectivity index (χ4v) is 1.84. The van der Waals surface area contributed by atoms with Gasteiger partial charge < -0.3 is 0 Å². The number of Topliss-reactive ketones (excluding diaryl/α,β-unsaturated/α-hetero) is 1. The number of carbonyl (C=O) groups excluding carboxylic acids is 1. The average Bonchev–Trinajstić information content (AvgIpc) is 2.33. The smallest absolute Gasteiger partial charge is 0.132 e. The normalized spacial score (nSPS) is 11.2. The van der Waals surface area contributed by atoms with Crippen LogP contribution in [0, 0.1) is 0 Å². The molecule has 0 bridgehead atoms. The van der Waals surface area contributed by atoms with E-state index in [1.165, 1.54) is 38.5 Å². The Kier molecular flexibility index (Phi) is 13.0. The molecule has 0 fully saturated rings.